The molecule has 0 bridgehead atoms. The highest BCUT2D eigenvalue weighted by molar-refractivity contribution is 6.74. The van der Waals surface area contributed by atoms with E-state index < -0.39 is 26.8 Å². The molecule has 1 fully saturated rings. The van der Waals surface area contributed by atoms with Crippen molar-refractivity contribution in [2.24, 2.45) is 0 Å². The van der Waals surface area contributed by atoms with Crippen LogP contribution < -0.4 is 5.73 Å². The van der Waals surface area contributed by atoms with E-state index in [0.29, 0.717) is 23.4 Å². The number of hydrogen-bond donors (Lipinski definition) is 1. The topological polar surface area (TPSA) is 105 Å². The molecule has 2 aromatic heterocycles. The van der Waals surface area contributed by atoms with Crippen LogP contribution in [-0.2, 0) is 14.0 Å². The zero-order chi connectivity index (χ0) is 19.3. The third-order valence-electron chi connectivity index (χ3n) is 5.42. The Morgan fingerprint density at radius 1 is 1.31 bits per heavy atom. The van der Waals surface area contributed by atoms with Crippen molar-refractivity contribution in [3.05, 3.63) is 12.7 Å². The van der Waals surface area contributed by atoms with Crippen LogP contribution >= 0.6 is 0 Å². The molecule has 0 radical (unpaired) electrons. The predicted molar refractivity (Wildman–Crippen MR) is 101 cm³/mol. The van der Waals surface area contributed by atoms with E-state index in [2.05, 4.69) is 48.8 Å². The normalized spacial score (nSPS) is 24.5. The van der Waals surface area contributed by atoms with Gasteiger partial charge in [0.25, 0.3) is 0 Å². The highest BCUT2D eigenvalue weighted by Crippen LogP contribution is 2.41. The maximum absolute atomic E-state index is 12.9. The number of nitrogen functional groups attached to an aromatic ring is 1. The smallest absolute Gasteiger partial charge is 0.193 e. The second-order valence-corrected chi connectivity index (χ2v) is 13.0. The van der Waals surface area contributed by atoms with Crippen LogP contribution in [0.25, 0.3) is 11.2 Å². The lowest BCUT2D eigenvalue weighted by atomic mass is 10.1. The molecule has 0 aromatic carbocycles. The second kappa shape index (κ2) is 6.40. The average molecular weight is 378 g/mol. The molecule has 1 aliphatic rings. The summed E-state index contributed by atoms with van der Waals surface area (Å²) >= 11 is 0. The van der Waals surface area contributed by atoms with Crippen molar-refractivity contribution in [3.8, 4) is 0 Å². The predicted octanol–water partition coefficient (Wildman–Crippen LogP) is 2.68. The number of rotatable bonds is 4. The van der Waals surface area contributed by atoms with Gasteiger partial charge in [0.05, 0.1) is 6.33 Å². The Balaban J connectivity index is 2.03. The molecule has 9 heteroatoms. The Bertz CT molecular complexity index is 829. The number of imidazole rings is 1. The zero-order valence-electron chi connectivity index (χ0n) is 16.2. The Labute approximate surface area is 154 Å². The first-order valence-electron chi connectivity index (χ1n) is 8.87. The SMILES string of the molecule is CC[C@H]1O[C@@H](n2cnc3c(N)ncnc32)[C@@H](O[Si](C)(C)C(C)(C)C)C1=O. The molecule has 3 rings (SSSR count). The Hall–Kier alpha value is -1.84. The summed E-state index contributed by atoms with van der Waals surface area (Å²) < 4.78 is 14.3. The van der Waals surface area contributed by atoms with Gasteiger partial charge < -0.3 is 14.9 Å². The van der Waals surface area contributed by atoms with Gasteiger partial charge in [0.1, 0.15) is 17.9 Å². The number of Topliss-reactive ketones (excluding diaryl/α,β-unsaturated/α-hetero) is 1. The molecule has 1 aliphatic heterocycles. The van der Waals surface area contributed by atoms with E-state index >= 15 is 0 Å². The number of hydrogen-bond acceptors (Lipinski definition) is 7. The van der Waals surface area contributed by atoms with E-state index in [1.807, 2.05) is 6.92 Å². The first-order chi connectivity index (χ1) is 12.1. The quantitative estimate of drug-likeness (QED) is 0.817. The number of ether oxygens (including phenoxy) is 1. The molecule has 0 spiro atoms. The molecule has 26 heavy (non-hydrogen) atoms. The molecule has 0 amide bonds. The van der Waals surface area contributed by atoms with Gasteiger partial charge in [0.2, 0.25) is 0 Å². The highest BCUT2D eigenvalue weighted by atomic mass is 28.4. The van der Waals surface area contributed by atoms with Crippen LogP contribution in [0.15, 0.2) is 12.7 Å². The third kappa shape index (κ3) is 3.04. The second-order valence-electron chi connectivity index (χ2n) is 8.21. The number of fused-ring (bicyclic) bond motifs is 1. The van der Waals surface area contributed by atoms with Crippen molar-refractivity contribution >= 4 is 31.1 Å². The Morgan fingerprint density at radius 2 is 2.00 bits per heavy atom. The minimum Gasteiger partial charge on any atom is -0.403 e. The molecule has 3 heterocycles. The van der Waals surface area contributed by atoms with Crippen LogP contribution in [0, 0.1) is 0 Å². The minimum atomic E-state index is -2.18. The first kappa shape index (κ1) is 18.9. The van der Waals surface area contributed by atoms with Gasteiger partial charge >= 0.3 is 0 Å². The van der Waals surface area contributed by atoms with Crippen LogP contribution in [-0.4, -0.2) is 45.8 Å². The van der Waals surface area contributed by atoms with Crippen molar-refractivity contribution in [2.75, 3.05) is 5.73 Å². The van der Waals surface area contributed by atoms with Gasteiger partial charge in [-0.3, -0.25) is 9.36 Å². The summed E-state index contributed by atoms with van der Waals surface area (Å²) in [7, 11) is -2.18. The van der Waals surface area contributed by atoms with E-state index in [1.54, 1.807) is 10.9 Å². The summed E-state index contributed by atoms with van der Waals surface area (Å²) in [5, 5.41) is -0.0221. The van der Waals surface area contributed by atoms with Gasteiger partial charge in [-0.1, -0.05) is 27.7 Å². The summed E-state index contributed by atoms with van der Waals surface area (Å²) in [5.41, 5.74) is 6.92. The molecule has 142 valence electrons. The first-order valence-corrected chi connectivity index (χ1v) is 11.8. The molecular formula is C17H27N5O3Si. The molecule has 2 N–H and O–H groups in total. The number of nitrogens with zero attached hydrogens (tertiary/aromatic N) is 4. The van der Waals surface area contributed by atoms with E-state index in [-0.39, 0.29) is 10.8 Å². The fourth-order valence-electron chi connectivity index (χ4n) is 2.81. The average Bonchev–Trinajstić information content (AvgIpc) is 3.09. The van der Waals surface area contributed by atoms with Crippen LogP contribution in [0.4, 0.5) is 5.82 Å². The number of ketones is 1. The lowest BCUT2D eigenvalue weighted by Gasteiger charge is -2.38. The number of carbonyl (C=O) groups is 1. The summed E-state index contributed by atoms with van der Waals surface area (Å²) in [4.78, 5) is 25.5. The Kier molecular flexibility index (Phi) is 4.66. The summed E-state index contributed by atoms with van der Waals surface area (Å²) in [5.74, 6) is 0.276. The summed E-state index contributed by atoms with van der Waals surface area (Å²) in [6, 6.07) is 0. The molecule has 0 unspecified atom stereocenters. The van der Waals surface area contributed by atoms with Gasteiger partial charge in [0.15, 0.2) is 37.9 Å². The monoisotopic (exact) mass is 377 g/mol. The van der Waals surface area contributed by atoms with E-state index in [1.165, 1.54) is 6.33 Å². The van der Waals surface area contributed by atoms with Crippen LogP contribution in [0.3, 0.4) is 0 Å². The van der Waals surface area contributed by atoms with Crippen molar-refractivity contribution in [3.63, 3.8) is 0 Å². The van der Waals surface area contributed by atoms with Crippen molar-refractivity contribution in [1.29, 1.82) is 0 Å². The van der Waals surface area contributed by atoms with Crippen LogP contribution in [0.2, 0.25) is 18.1 Å². The number of aromatic nitrogens is 4. The van der Waals surface area contributed by atoms with Crippen molar-refractivity contribution < 1.29 is 14.0 Å². The van der Waals surface area contributed by atoms with Crippen molar-refractivity contribution in [1.82, 2.24) is 19.5 Å². The number of nitrogens with two attached hydrogens (primary N) is 1. The van der Waals surface area contributed by atoms with Crippen LogP contribution in [0.5, 0.6) is 0 Å². The summed E-state index contributed by atoms with van der Waals surface area (Å²) in [6.07, 6.45) is 1.78. The molecular weight excluding hydrogens is 350 g/mol. The molecule has 1 saturated heterocycles. The standard InChI is InChI=1S/C17H27N5O3Si/c1-7-10-12(23)13(25-26(5,6)17(2,3)4)16(24-10)22-9-21-11-14(18)19-8-20-15(11)22/h8-10,13,16H,7H2,1-6H3,(H2,18,19,20)/t10-,13+,16-/m1/s1. The van der Waals surface area contributed by atoms with Crippen LogP contribution in [0.1, 0.15) is 40.3 Å². The van der Waals surface area contributed by atoms with E-state index in [4.69, 9.17) is 14.9 Å². The molecule has 2 aromatic rings. The summed E-state index contributed by atoms with van der Waals surface area (Å²) in [6.45, 7) is 12.6. The van der Waals surface area contributed by atoms with Gasteiger partial charge in [-0.15, -0.1) is 0 Å². The molecule has 8 nitrogen and oxygen atoms in total. The maximum Gasteiger partial charge on any atom is 0.193 e. The molecule has 3 atom stereocenters. The number of anilines is 1. The third-order valence-corrected chi connectivity index (χ3v) is 9.88. The van der Waals surface area contributed by atoms with Gasteiger partial charge in [0, 0.05) is 0 Å². The lowest BCUT2D eigenvalue weighted by molar-refractivity contribution is -0.126. The van der Waals surface area contributed by atoms with E-state index in [0.717, 1.165) is 0 Å². The fraction of sp³-hybridized carbons (Fsp3) is 0.647. The maximum atomic E-state index is 12.9. The van der Waals surface area contributed by atoms with Gasteiger partial charge in [-0.05, 0) is 24.6 Å². The minimum absolute atomic E-state index is 0.0220. The molecule has 0 saturated carbocycles. The Morgan fingerprint density at radius 3 is 2.62 bits per heavy atom. The van der Waals surface area contributed by atoms with Gasteiger partial charge in [-0.2, -0.15) is 0 Å². The fourth-order valence-corrected chi connectivity index (χ4v) is 4.03. The van der Waals surface area contributed by atoms with Gasteiger partial charge in [-0.25, -0.2) is 15.0 Å². The van der Waals surface area contributed by atoms with E-state index in [9.17, 15) is 4.79 Å². The molecule has 0 aliphatic carbocycles. The van der Waals surface area contributed by atoms with Crippen molar-refractivity contribution in [2.45, 2.75) is 70.7 Å². The zero-order valence-corrected chi connectivity index (χ0v) is 17.2. The largest absolute Gasteiger partial charge is 0.403 e. The highest BCUT2D eigenvalue weighted by Gasteiger charge is 2.50. The lowest BCUT2D eigenvalue weighted by Crippen LogP contribution is -2.47. The number of carbonyl (C=O) groups excluding carboxylic acids is 1.